The van der Waals surface area contributed by atoms with Crippen molar-refractivity contribution >= 4 is 11.3 Å². The predicted molar refractivity (Wildman–Crippen MR) is 70.3 cm³/mol. The Balaban J connectivity index is 2.48. The molecule has 102 valence electrons. The largest absolute Gasteiger partial charge is 0.492 e. The zero-order valence-corrected chi connectivity index (χ0v) is 11.3. The molecule has 0 saturated heterocycles. The first kappa shape index (κ1) is 13.5. The number of H-pyrrole nitrogens is 1. The lowest BCUT2D eigenvalue weighted by Gasteiger charge is -2.24. The van der Waals surface area contributed by atoms with Gasteiger partial charge in [0.15, 0.2) is 0 Å². The van der Waals surface area contributed by atoms with Gasteiger partial charge in [0.25, 0.3) is 5.56 Å². The first-order valence-corrected chi connectivity index (χ1v) is 6.46. The minimum atomic E-state index is -1.35. The SMILES string of the molecule is CC(C)(Cn1c(O)c(F)c(=O)[nH]c1=O)c1cccs1. The van der Waals surface area contributed by atoms with Crippen LogP contribution in [0.3, 0.4) is 0 Å². The first-order chi connectivity index (χ1) is 8.83. The van der Waals surface area contributed by atoms with E-state index in [0.29, 0.717) is 0 Å². The van der Waals surface area contributed by atoms with Gasteiger partial charge in [0.1, 0.15) is 0 Å². The Labute approximate surface area is 112 Å². The van der Waals surface area contributed by atoms with Gasteiger partial charge in [-0.05, 0) is 11.4 Å². The fraction of sp³-hybridized carbons (Fsp3) is 0.333. The molecule has 2 N–H and O–H groups in total. The van der Waals surface area contributed by atoms with Crippen LogP contribution in [0.1, 0.15) is 18.7 Å². The molecule has 0 aliphatic heterocycles. The fourth-order valence-corrected chi connectivity index (χ4v) is 2.66. The van der Waals surface area contributed by atoms with Gasteiger partial charge in [0.05, 0.1) is 0 Å². The fourth-order valence-electron chi connectivity index (χ4n) is 1.82. The molecule has 0 aliphatic rings. The van der Waals surface area contributed by atoms with E-state index in [2.05, 4.69) is 0 Å². The van der Waals surface area contributed by atoms with E-state index in [-0.39, 0.29) is 6.54 Å². The summed E-state index contributed by atoms with van der Waals surface area (Å²) in [6.45, 7) is 3.80. The van der Waals surface area contributed by atoms with E-state index < -0.39 is 28.4 Å². The number of halogens is 1. The average molecular weight is 284 g/mol. The smallest absolute Gasteiger partial charge is 0.331 e. The molecule has 19 heavy (non-hydrogen) atoms. The molecule has 0 amide bonds. The van der Waals surface area contributed by atoms with E-state index in [1.165, 1.54) is 11.3 Å². The molecule has 0 atom stereocenters. The van der Waals surface area contributed by atoms with Crippen LogP contribution < -0.4 is 11.2 Å². The van der Waals surface area contributed by atoms with Gasteiger partial charge in [-0.1, -0.05) is 19.9 Å². The van der Waals surface area contributed by atoms with Gasteiger partial charge >= 0.3 is 5.69 Å². The number of hydrogen-bond donors (Lipinski definition) is 2. The van der Waals surface area contributed by atoms with Gasteiger partial charge in [0, 0.05) is 16.8 Å². The van der Waals surface area contributed by atoms with Crippen molar-refractivity contribution in [2.75, 3.05) is 0 Å². The van der Waals surface area contributed by atoms with E-state index in [1.807, 2.05) is 36.3 Å². The zero-order chi connectivity index (χ0) is 14.2. The molecule has 7 heteroatoms. The summed E-state index contributed by atoms with van der Waals surface area (Å²) in [7, 11) is 0. The molecule has 0 bridgehead atoms. The zero-order valence-electron chi connectivity index (χ0n) is 10.4. The number of thiophene rings is 1. The summed E-state index contributed by atoms with van der Waals surface area (Å²) in [5, 5.41) is 11.5. The molecule has 0 aromatic carbocycles. The third-order valence-corrected chi connectivity index (χ3v) is 4.09. The molecule has 2 aromatic heterocycles. The Morgan fingerprint density at radius 1 is 1.47 bits per heavy atom. The molecular formula is C12H13FN2O3S. The maximum Gasteiger partial charge on any atom is 0.331 e. The highest BCUT2D eigenvalue weighted by Crippen LogP contribution is 2.29. The molecule has 2 heterocycles. The number of aromatic amines is 1. The van der Waals surface area contributed by atoms with Gasteiger partial charge in [-0.3, -0.25) is 14.3 Å². The molecule has 0 fully saturated rings. The van der Waals surface area contributed by atoms with E-state index in [4.69, 9.17) is 0 Å². The maximum atomic E-state index is 13.3. The summed E-state index contributed by atoms with van der Waals surface area (Å²) >= 11 is 1.51. The maximum absolute atomic E-state index is 13.3. The highest BCUT2D eigenvalue weighted by Gasteiger charge is 2.25. The first-order valence-electron chi connectivity index (χ1n) is 5.58. The van der Waals surface area contributed by atoms with E-state index in [1.54, 1.807) is 0 Å². The lowest BCUT2D eigenvalue weighted by molar-refractivity contribution is 0.327. The van der Waals surface area contributed by atoms with Gasteiger partial charge < -0.3 is 5.11 Å². The van der Waals surface area contributed by atoms with Crippen LogP contribution in [0.15, 0.2) is 27.1 Å². The minimum absolute atomic E-state index is 0.0614. The van der Waals surface area contributed by atoms with Gasteiger partial charge in [-0.15, -0.1) is 11.3 Å². The Kier molecular flexibility index (Phi) is 3.32. The Morgan fingerprint density at radius 2 is 2.16 bits per heavy atom. The van der Waals surface area contributed by atoms with Crippen LogP contribution >= 0.6 is 11.3 Å². The van der Waals surface area contributed by atoms with Gasteiger partial charge in [0.2, 0.25) is 11.7 Å². The summed E-state index contributed by atoms with van der Waals surface area (Å²) in [6, 6.07) is 3.77. The third kappa shape index (κ3) is 2.46. The van der Waals surface area contributed by atoms with Gasteiger partial charge in [-0.2, -0.15) is 4.39 Å². The monoisotopic (exact) mass is 284 g/mol. The van der Waals surface area contributed by atoms with Crippen molar-refractivity contribution in [3.8, 4) is 5.88 Å². The Hall–Kier alpha value is -1.89. The average Bonchev–Trinajstić information content (AvgIpc) is 2.86. The quantitative estimate of drug-likeness (QED) is 0.895. The summed E-state index contributed by atoms with van der Waals surface area (Å²) in [6.07, 6.45) is 0. The molecule has 2 aromatic rings. The van der Waals surface area contributed by atoms with Crippen molar-refractivity contribution in [2.45, 2.75) is 25.8 Å². The predicted octanol–water partition coefficient (Wildman–Crippen LogP) is 1.42. The molecule has 0 aliphatic carbocycles. The van der Waals surface area contributed by atoms with Crippen LogP contribution in [0.25, 0.3) is 0 Å². The van der Waals surface area contributed by atoms with Crippen LogP contribution in [0.4, 0.5) is 4.39 Å². The number of hydrogen-bond acceptors (Lipinski definition) is 4. The molecule has 2 rings (SSSR count). The number of rotatable bonds is 3. The Morgan fingerprint density at radius 3 is 2.74 bits per heavy atom. The lowest BCUT2D eigenvalue weighted by Crippen LogP contribution is -2.36. The molecule has 0 spiro atoms. The summed E-state index contributed by atoms with van der Waals surface area (Å²) in [4.78, 5) is 25.5. The van der Waals surface area contributed by atoms with Crippen LogP contribution in [-0.4, -0.2) is 14.7 Å². The van der Waals surface area contributed by atoms with Crippen molar-refractivity contribution in [1.82, 2.24) is 9.55 Å². The van der Waals surface area contributed by atoms with Crippen LogP contribution in [0.5, 0.6) is 5.88 Å². The van der Waals surface area contributed by atoms with Crippen LogP contribution in [-0.2, 0) is 12.0 Å². The van der Waals surface area contributed by atoms with E-state index in [9.17, 15) is 19.1 Å². The van der Waals surface area contributed by atoms with Crippen molar-refractivity contribution in [1.29, 1.82) is 0 Å². The van der Waals surface area contributed by atoms with Crippen molar-refractivity contribution in [3.63, 3.8) is 0 Å². The molecule has 0 unspecified atom stereocenters. The van der Waals surface area contributed by atoms with Crippen LogP contribution in [0.2, 0.25) is 0 Å². The topological polar surface area (TPSA) is 75.1 Å². The summed E-state index contributed by atoms with van der Waals surface area (Å²) in [5.74, 6) is -2.28. The third-order valence-electron chi connectivity index (χ3n) is 2.86. The number of nitrogens with one attached hydrogen (secondary N) is 1. The number of nitrogens with zero attached hydrogens (tertiary/aromatic N) is 1. The molecule has 0 saturated carbocycles. The van der Waals surface area contributed by atoms with Crippen molar-refractivity contribution < 1.29 is 9.50 Å². The van der Waals surface area contributed by atoms with E-state index >= 15 is 0 Å². The Bertz CT molecular complexity index is 701. The molecular weight excluding hydrogens is 271 g/mol. The number of aromatic hydroxyl groups is 1. The second kappa shape index (κ2) is 4.65. The van der Waals surface area contributed by atoms with Gasteiger partial charge in [-0.25, -0.2) is 4.79 Å². The summed E-state index contributed by atoms with van der Waals surface area (Å²) in [5.41, 5.74) is -2.51. The normalized spacial score (nSPS) is 11.7. The standard InChI is InChI=1S/C12H13FN2O3S/c1-12(2,7-4-3-5-19-7)6-15-10(17)8(13)9(16)14-11(15)18/h3-5,17H,6H2,1-2H3,(H,14,16,18). The summed E-state index contributed by atoms with van der Waals surface area (Å²) < 4.78 is 14.2. The lowest BCUT2D eigenvalue weighted by atomic mass is 9.91. The minimum Gasteiger partial charge on any atom is -0.492 e. The second-order valence-electron chi connectivity index (χ2n) is 4.84. The van der Waals surface area contributed by atoms with Crippen molar-refractivity contribution in [3.05, 3.63) is 49.0 Å². The molecule has 5 nitrogen and oxygen atoms in total. The highest BCUT2D eigenvalue weighted by molar-refractivity contribution is 7.10. The van der Waals surface area contributed by atoms with Crippen LogP contribution in [0, 0.1) is 5.82 Å². The number of aromatic nitrogens is 2. The molecule has 0 radical (unpaired) electrons. The van der Waals surface area contributed by atoms with E-state index in [0.717, 1.165) is 9.44 Å². The highest BCUT2D eigenvalue weighted by atomic mass is 32.1. The second-order valence-corrected chi connectivity index (χ2v) is 5.79. The van der Waals surface area contributed by atoms with Crippen molar-refractivity contribution in [2.24, 2.45) is 0 Å².